The number of aromatic nitrogens is 2. The minimum Gasteiger partial charge on any atom is -0.494 e. The lowest BCUT2D eigenvalue weighted by molar-refractivity contribution is 0.187. The minimum absolute atomic E-state index is 0.492. The lowest BCUT2D eigenvalue weighted by atomic mass is 10.3. The number of amides is 1. The molecule has 0 aliphatic heterocycles. The third kappa shape index (κ3) is 4.24. The molecule has 1 amide bonds. The van der Waals surface area contributed by atoms with E-state index >= 15 is 0 Å². The molecule has 2 aromatic carbocycles. The summed E-state index contributed by atoms with van der Waals surface area (Å²) in [7, 11) is 4.52. The van der Waals surface area contributed by atoms with E-state index in [9.17, 15) is 4.79 Å². The van der Waals surface area contributed by atoms with E-state index in [1.165, 1.54) is 29.8 Å². The Morgan fingerprint density at radius 2 is 1.50 bits per heavy atom. The number of fused-ring (bicyclic) bond motifs is 2. The van der Waals surface area contributed by atoms with Crippen molar-refractivity contribution in [2.24, 2.45) is 0 Å². The van der Waals surface area contributed by atoms with Gasteiger partial charge in [-0.1, -0.05) is 34.8 Å². The molecule has 2 heterocycles. The number of para-hydroxylation sites is 2. The average Bonchev–Trinajstić information content (AvgIpc) is 3.29. The van der Waals surface area contributed by atoms with Gasteiger partial charge in [0.1, 0.15) is 22.5 Å². The topological polar surface area (TPSA) is 109 Å². The van der Waals surface area contributed by atoms with E-state index in [2.05, 4.69) is 20.0 Å². The molecule has 0 bridgehead atoms. The number of methoxy groups -OCH3 is 3. The first-order valence-corrected chi connectivity index (χ1v) is 9.66. The summed E-state index contributed by atoms with van der Waals surface area (Å²) < 4.78 is 16.8. The van der Waals surface area contributed by atoms with E-state index in [0.717, 1.165) is 26.2 Å². The predicted molar refractivity (Wildman–Crippen MR) is 113 cm³/mol. The van der Waals surface area contributed by atoms with Crippen LogP contribution in [0.5, 0.6) is 11.5 Å². The predicted octanol–water partition coefficient (Wildman–Crippen LogP) is 4.37. The van der Waals surface area contributed by atoms with Gasteiger partial charge in [0.2, 0.25) is 0 Å². The molecule has 0 aliphatic carbocycles. The Hall–Kier alpha value is -3.11. The smallest absolute Gasteiger partial charge is 0.413 e. The molecule has 146 valence electrons. The highest BCUT2D eigenvalue weighted by molar-refractivity contribution is 7.22. The van der Waals surface area contributed by atoms with Crippen LogP contribution in [0.1, 0.15) is 0 Å². The zero-order valence-corrected chi connectivity index (χ0v) is 17.0. The molecule has 2 aromatic heterocycles. The van der Waals surface area contributed by atoms with Gasteiger partial charge in [-0.2, -0.15) is 0 Å². The number of benzene rings is 2. The zero-order valence-electron chi connectivity index (χ0n) is 15.4. The fraction of sp³-hybridized carbons (Fsp3) is 0.167. The second-order valence-corrected chi connectivity index (χ2v) is 7.39. The second-order valence-electron chi connectivity index (χ2n) is 5.30. The number of carbonyl (C=O) groups excluding carboxylic acids is 1. The summed E-state index contributed by atoms with van der Waals surface area (Å²) in [5, 5.41) is 3.59. The molecule has 10 heteroatoms. The molecule has 0 fully saturated rings. The number of carbonyl (C=O) groups is 1. The fourth-order valence-corrected chi connectivity index (χ4v) is 4.01. The molecule has 4 aromatic rings. The van der Waals surface area contributed by atoms with E-state index in [1.807, 2.05) is 36.4 Å². The van der Waals surface area contributed by atoms with Crippen molar-refractivity contribution < 1.29 is 19.0 Å². The van der Waals surface area contributed by atoms with Crippen LogP contribution >= 0.6 is 22.7 Å². The maximum absolute atomic E-state index is 11.0. The van der Waals surface area contributed by atoms with Crippen molar-refractivity contribution >= 4 is 59.5 Å². The Labute approximate surface area is 168 Å². The number of rotatable bonds is 3. The SMILES string of the molecule is COC(=O)Nc1nc2c(OC)cccc2s1.COc1cccc2sc(N)nc12. The van der Waals surface area contributed by atoms with E-state index in [0.29, 0.717) is 16.0 Å². The molecule has 0 unspecified atom stereocenters. The second kappa shape index (κ2) is 8.72. The number of thiazole rings is 2. The molecule has 3 N–H and O–H groups in total. The fourth-order valence-electron chi connectivity index (χ4n) is 2.38. The number of hydrogen-bond donors (Lipinski definition) is 2. The third-order valence-electron chi connectivity index (χ3n) is 3.61. The Kier molecular flexibility index (Phi) is 6.12. The Bertz CT molecular complexity index is 1110. The lowest BCUT2D eigenvalue weighted by Crippen LogP contribution is -2.10. The first-order valence-electron chi connectivity index (χ1n) is 8.03. The summed E-state index contributed by atoms with van der Waals surface area (Å²) in [4.78, 5) is 19.4. The van der Waals surface area contributed by atoms with Crippen molar-refractivity contribution in [3.05, 3.63) is 36.4 Å². The van der Waals surface area contributed by atoms with Gasteiger partial charge in [-0.3, -0.25) is 5.32 Å². The Balaban J connectivity index is 0.000000167. The normalized spacial score (nSPS) is 10.2. The van der Waals surface area contributed by atoms with Gasteiger partial charge in [0, 0.05) is 0 Å². The van der Waals surface area contributed by atoms with Crippen LogP contribution in [0.25, 0.3) is 20.4 Å². The molecule has 8 nitrogen and oxygen atoms in total. The number of nitrogens with two attached hydrogens (primary N) is 1. The molecular formula is C18H18N4O4S2. The highest BCUT2D eigenvalue weighted by atomic mass is 32.1. The van der Waals surface area contributed by atoms with E-state index < -0.39 is 6.09 Å². The van der Waals surface area contributed by atoms with Crippen LogP contribution in [0, 0.1) is 0 Å². The van der Waals surface area contributed by atoms with Gasteiger partial charge in [-0.05, 0) is 24.3 Å². The largest absolute Gasteiger partial charge is 0.494 e. The summed E-state index contributed by atoms with van der Waals surface area (Å²) in [6, 6.07) is 11.4. The van der Waals surface area contributed by atoms with E-state index in [-0.39, 0.29) is 0 Å². The third-order valence-corrected chi connectivity index (χ3v) is 5.40. The van der Waals surface area contributed by atoms with Crippen molar-refractivity contribution in [3.63, 3.8) is 0 Å². The molecule has 0 radical (unpaired) electrons. The number of hydrogen-bond acceptors (Lipinski definition) is 9. The summed E-state index contributed by atoms with van der Waals surface area (Å²) in [6.45, 7) is 0. The standard InChI is InChI=1S/C10H10N2O3S.C8H8N2OS/c1-14-6-4-3-5-7-8(6)11-9(16-7)12-10(13)15-2;1-11-5-3-2-4-6-7(5)10-8(9)12-6/h3-5H,1-2H3,(H,11,12,13);2-4H,1H3,(H2,9,10). The molecular weight excluding hydrogens is 400 g/mol. The monoisotopic (exact) mass is 418 g/mol. The quantitative estimate of drug-likeness (QED) is 0.508. The van der Waals surface area contributed by atoms with Gasteiger partial charge < -0.3 is 19.9 Å². The first kappa shape index (κ1) is 19.6. The highest BCUT2D eigenvalue weighted by Gasteiger charge is 2.10. The highest BCUT2D eigenvalue weighted by Crippen LogP contribution is 2.32. The molecule has 0 saturated carbocycles. The van der Waals surface area contributed by atoms with Crippen molar-refractivity contribution in [2.45, 2.75) is 0 Å². The van der Waals surface area contributed by atoms with Gasteiger partial charge in [0.25, 0.3) is 0 Å². The van der Waals surface area contributed by atoms with Crippen LogP contribution in [0.3, 0.4) is 0 Å². The van der Waals surface area contributed by atoms with Gasteiger partial charge >= 0.3 is 6.09 Å². The van der Waals surface area contributed by atoms with Crippen LogP contribution < -0.4 is 20.5 Å². The van der Waals surface area contributed by atoms with Gasteiger partial charge in [0.05, 0.1) is 30.7 Å². The van der Waals surface area contributed by atoms with Gasteiger partial charge in [-0.25, -0.2) is 14.8 Å². The summed E-state index contributed by atoms with van der Waals surface area (Å²) in [5.41, 5.74) is 7.15. The average molecular weight is 419 g/mol. The van der Waals surface area contributed by atoms with E-state index in [1.54, 1.807) is 14.2 Å². The molecule has 28 heavy (non-hydrogen) atoms. The lowest BCUT2D eigenvalue weighted by Gasteiger charge is -1.98. The molecule has 0 spiro atoms. The van der Waals surface area contributed by atoms with Crippen LogP contribution in [0.2, 0.25) is 0 Å². The summed E-state index contributed by atoms with van der Waals surface area (Å²) in [5.74, 6) is 1.46. The maximum atomic E-state index is 11.0. The van der Waals surface area contributed by atoms with Crippen LogP contribution in [0.15, 0.2) is 36.4 Å². The molecule has 4 rings (SSSR count). The Morgan fingerprint density at radius 1 is 0.929 bits per heavy atom. The number of nitrogens with one attached hydrogen (secondary N) is 1. The number of nitrogen functional groups attached to an aromatic ring is 1. The Morgan fingerprint density at radius 3 is 2.07 bits per heavy atom. The minimum atomic E-state index is -0.530. The van der Waals surface area contributed by atoms with Gasteiger partial charge in [-0.15, -0.1) is 0 Å². The van der Waals surface area contributed by atoms with Crippen molar-refractivity contribution in [1.29, 1.82) is 0 Å². The zero-order chi connectivity index (χ0) is 20.1. The maximum Gasteiger partial charge on any atom is 0.413 e. The summed E-state index contributed by atoms with van der Waals surface area (Å²) in [6.07, 6.45) is -0.530. The van der Waals surface area contributed by atoms with Crippen LogP contribution in [-0.2, 0) is 4.74 Å². The molecule has 0 atom stereocenters. The first-order chi connectivity index (χ1) is 13.5. The van der Waals surface area contributed by atoms with Crippen molar-refractivity contribution in [2.75, 3.05) is 32.4 Å². The number of anilines is 2. The van der Waals surface area contributed by atoms with Crippen molar-refractivity contribution in [3.8, 4) is 11.5 Å². The van der Waals surface area contributed by atoms with Gasteiger partial charge in [0.15, 0.2) is 10.3 Å². The van der Waals surface area contributed by atoms with Crippen molar-refractivity contribution in [1.82, 2.24) is 9.97 Å². The molecule has 0 saturated heterocycles. The number of nitrogens with zero attached hydrogens (tertiary/aromatic N) is 2. The molecule has 0 aliphatic rings. The van der Waals surface area contributed by atoms with Crippen LogP contribution in [0.4, 0.5) is 15.1 Å². The van der Waals surface area contributed by atoms with Crippen LogP contribution in [-0.4, -0.2) is 37.4 Å². The summed E-state index contributed by atoms with van der Waals surface area (Å²) >= 11 is 2.84. The number of ether oxygens (including phenoxy) is 3. The van der Waals surface area contributed by atoms with E-state index in [4.69, 9.17) is 15.2 Å².